The summed E-state index contributed by atoms with van der Waals surface area (Å²) in [4.78, 5) is 17.2. The Morgan fingerprint density at radius 1 is 1.03 bits per heavy atom. The Hall–Kier alpha value is -3.11. The molecule has 0 spiro atoms. The van der Waals surface area contributed by atoms with E-state index in [1.54, 1.807) is 24.3 Å². The molecule has 158 valence electrons. The van der Waals surface area contributed by atoms with Crippen molar-refractivity contribution < 1.29 is 4.79 Å². The van der Waals surface area contributed by atoms with Crippen molar-refractivity contribution >= 4 is 28.5 Å². The summed E-state index contributed by atoms with van der Waals surface area (Å²) in [5.41, 5.74) is 6.57. The highest BCUT2D eigenvalue weighted by molar-refractivity contribution is 6.30. The van der Waals surface area contributed by atoms with Crippen LogP contribution in [-0.2, 0) is 13.0 Å². The van der Waals surface area contributed by atoms with Crippen LogP contribution in [0.5, 0.6) is 0 Å². The molecule has 0 bridgehead atoms. The van der Waals surface area contributed by atoms with Crippen molar-refractivity contribution in [3.63, 3.8) is 0 Å². The fourth-order valence-electron chi connectivity index (χ4n) is 3.81. The second-order valence-electron chi connectivity index (χ2n) is 7.90. The number of amides is 1. The van der Waals surface area contributed by atoms with Crippen molar-refractivity contribution in [2.75, 3.05) is 6.54 Å². The van der Waals surface area contributed by atoms with Gasteiger partial charge in [0.25, 0.3) is 5.91 Å². The molecule has 0 aliphatic heterocycles. The van der Waals surface area contributed by atoms with E-state index >= 15 is 0 Å². The van der Waals surface area contributed by atoms with E-state index in [4.69, 9.17) is 16.6 Å². The van der Waals surface area contributed by atoms with Crippen LogP contribution in [-0.4, -0.2) is 22.0 Å². The van der Waals surface area contributed by atoms with Gasteiger partial charge in [-0.15, -0.1) is 0 Å². The van der Waals surface area contributed by atoms with Gasteiger partial charge in [-0.1, -0.05) is 53.6 Å². The zero-order valence-corrected chi connectivity index (χ0v) is 18.6. The molecular weight excluding hydrogens is 406 g/mol. The number of rotatable bonds is 7. The van der Waals surface area contributed by atoms with Crippen LogP contribution in [0, 0.1) is 13.8 Å². The summed E-state index contributed by atoms with van der Waals surface area (Å²) in [7, 11) is 0. The highest BCUT2D eigenvalue weighted by Gasteiger charge is 2.12. The van der Waals surface area contributed by atoms with E-state index in [0.717, 1.165) is 36.2 Å². The minimum Gasteiger partial charge on any atom is -0.352 e. The highest BCUT2D eigenvalue weighted by Crippen LogP contribution is 2.21. The predicted octanol–water partition coefficient (Wildman–Crippen LogP) is 5.72. The van der Waals surface area contributed by atoms with Crippen LogP contribution < -0.4 is 5.32 Å². The number of aryl methyl sites for hydroxylation is 3. The molecule has 4 aromatic rings. The SMILES string of the molecule is Cc1ccc(C)c(Cn2c(CCCNC(=O)c3cccc(Cl)c3)nc3ccccc32)c1. The first kappa shape index (κ1) is 21.1. The van der Waals surface area contributed by atoms with Gasteiger partial charge in [0.1, 0.15) is 5.82 Å². The van der Waals surface area contributed by atoms with Crippen molar-refractivity contribution in [2.45, 2.75) is 33.2 Å². The molecule has 0 fully saturated rings. The number of fused-ring (bicyclic) bond motifs is 1. The van der Waals surface area contributed by atoms with Gasteiger partial charge in [0.2, 0.25) is 0 Å². The Kier molecular flexibility index (Phi) is 6.38. The van der Waals surface area contributed by atoms with Gasteiger partial charge in [-0.05, 0) is 61.7 Å². The van der Waals surface area contributed by atoms with E-state index in [9.17, 15) is 4.79 Å². The molecule has 0 aliphatic carbocycles. The Labute approximate surface area is 187 Å². The molecule has 31 heavy (non-hydrogen) atoms. The van der Waals surface area contributed by atoms with Crippen LogP contribution in [0.15, 0.2) is 66.7 Å². The summed E-state index contributed by atoms with van der Waals surface area (Å²) < 4.78 is 2.30. The third kappa shape index (κ3) is 4.97. The minimum atomic E-state index is -0.105. The molecule has 1 amide bonds. The van der Waals surface area contributed by atoms with Crippen molar-refractivity contribution in [3.8, 4) is 0 Å². The zero-order chi connectivity index (χ0) is 21.8. The summed E-state index contributed by atoms with van der Waals surface area (Å²) in [5, 5.41) is 3.54. The number of carbonyl (C=O) groups excluding carboxylic acids is 1. The molecule has 0 radical (unpaired) electrons. The summed E-state index contributed by atoms with van der Waals surface area (Å²) in [6.45, 7) is 5.65. The molecule has 5 heteroatoms. The Balaban J connectivity index is 1.48. The molecule has 1 aromatic heterocycles. The molecule has 0 atom stereocenters. The first-order valence-electron chi connectivity index (χ1n) is 10.6. The van der Waals surface area contributed by atoms with Gasteiger partial charge in [-0.3, -0.25) is 4.79 Å². The topological polar surface area (TPSA) is 46.9 Å². The summed E-state index contributed by atoms with van der Waals surface area (Å²) >= 11 is 5.98. The number of imidazole rings is 1. The number of hydrogen-bond acceptors (Lipinski definition) is 2. The van der Waals surface area contributed by atoms with Gasteiger partial charge < -0.3 is 9.88 Å². The number of hydrogen-bond donors (Lipinski definition) is 1. The maximum absolute atomic E-state index is 12.3. The summed E-state index contributed by atoms with van der Waals surface area (Å²) in [5.74, 6) is 0.936. The van der Waals surface area contributed by atoms with E-state index in [2.05, 4.69) is 60.1 Å². The molecular formula is C26H26ClN3O. The van der Waals surface area contributed by atoms with Crippen LogP contribution in [0.3, 0.4) is 0 Å². The van der Waals surface area contributed by atoms with Gasteiger partial charge in [0, 0.05) is 30.1 Å². The zero-order valence-electron chi connectivity index (χ0n) is 17.9. The number of halogens is 1. The smallest absolute Gasteiger partial charge is 0.251 e. The van der Waals surface area contributed by atoms with Crippen molar-refractivity contribution in [2.24, 2.45) is 0 Å². The first-order valence-corrected chi connectivity index (χ1v) is 10.9. The average Bonchev–Trinajstić information content (AvgIpc) is 3.11. The number of benzene rings is 3. The first-order chi connectivity index (χ1) is 15.0. The number of nitrogens with one attached hydrogen (secondary N) is 1. The summed E-state index contributed by atoms with van der Waals surface area (Å²) in [6, 6.07) is 21.8. The lowest BCUT2D eigenvalue weighted by atomic mass is 10.1. The standard InChI is InChI=1S/C26H26ClN3O/c1-18-12-13-19(2)21(15-18)17-30-24-10-4-3-9-23(24)29-25(30)11-6-14-28-26(31)20-7-5-8-22(27)16-20/h3-5,7-10,12-13,15-16H,6,11,14,17H2,1-2H3,(H,28,31). The second kappa shape index (κ2) is 9.36. The summed E-state index contributed by atoms with van der Waals surface area (Å²) in [6.07, 6.45) is 1.60. The predicted molar refractivity (Wildman–Crippen MR) is 127 cm³/mol. The van der Waals surface area contributed by atoms with Gasteiger partial charge in [0.05, 0.1) is 11.0 Å². The normalized spacial score (nSPS) is 11.1. The molecule has 0 unspecified atom stereocenters. The number of para-hydroxylation sites is 2. The van der Waals surface area contributed by atoms with Gasteiger partial charge in [-0.2, -0.15) is 0 Å². The molecule has 4 rings (SSSR count). The van der Waals surface area contributed by atoms with E-state index in [1.165, 1.54) is 16.7 Å². The van der Waals surface area contributed by atoms with Crippen molar-refractivity contribution in [3.05, 3.63) is 99.8 Å². The fourth-order valence-corrected chi connectivity index (χ4v) is 4.00. The number of carbonyl (C=O) groups is 1. The van der Waals surface area contributed by atoms with E-state index < -0.39 is 0 Å². The molecule has 0 saturated heterocycles. The molecule has 1 N–H and O–H groups in total. The van der Waals surface area contributed by atoms with Crippen LogP contribution in [0.4, 0.5) is 0 Å². The lowest BCUT2D eigenvalue weighted by Gasteiger charge is -2.13. The maximum atomic E-state index is 12.3. The molecule has 1 heterocycles. The van der Waals surface area contributed by atoms with Crippen LogP contribution in [0.2, 0.25) is 5.02 Å². The third-order valence-corrected chi connectivity index (χ3v) is 5.75. The lowest BCUT2D eigenvalue weighted by molar-refractivity contribution is 0.0953. The number of nitrogens with zero attached hydrogens (tertiary/aromatic N) is 2. The van der Waals surface area contributed by atoms with Crippen molar-refractivity contribution in [1.29, 1.82) is 0 Å². The van der Waals surface area contributed by atoms with Gasteiger partial charge >= 0.3 is 0 Å². The van der Waals surface area contributed by atoms with E-state index in [1.807, 2.05) is 6.07 Å². The minimum absolute atomic E-state index is 0.105. The molecule has 0 aliphatic rings. The van der Waals surface area contributed by atoms with Gasteiger partial charge in [-0.25, -0.2) is 4.98 Å². The molecule has 4 nitrogen and oxygen atoms in total. The van der Waals surface area contributed by atoms with Crippen LogP contribution in [0.25, 0.3) is 11.0 Å². The van der Waals surface area contributed by atoms with Crippen LogP contribution >= 0.6 is 11.6 Å². The highest BCUT2D eigenvalue weighted by atomic mass is 35.5. The van der Waals surface area contributed by atoms with Crippen LogP contribution in [0.1, 0.15) is 39.3 Å². The molecule has 3 aromatic carbocycles. The fraction of sp³-hybridized carbons (Fsp3) is 0.231. The monoisotopic (exact) mass is 431 g/mol. The van der Waals surface area contributed by atoms with E-state index in [-0.39, 0.29) is 5.91 Å². The van der Waals surface area contributed by atoms with E-state index in [0.29, 0.717) is 17.1 Å². The van der Waals surface area contributed by atoms with Crippen molar-refractivity contribution in [1.82, 2.24) is 14.9 Å². The Morgan fingerprint density at radius 2 is 1.87 bits per heavy atom. The average molecular weight is 432 g/mol. The second-order valence-corrected chi connectivity index (χ2v) is 8.34. The number of aromatic nitrogens is 2. The maximum Gasteiger partial charge on any atom is 0.251 e. The lowest BCUT2D eigenvalue weighted by Crippen LogP contribution is -2.25. The molecule has 0 saturated carbocycles. The largest absolute Gasteiger partial charge is 0.352 e. The quantitative estimate of drug-likeness (QED) is 0.380. The Bertz CT molecular complexity index is 1230. The van der Waals surface area contributed by atoms with Gasteiger partial charge in [0.15, 0.2) is 0 Å². The Morgan fingerprint density at radius 3 is 2.71 bits per heavy atom. The third-order valence-electron chi connectivity index (χ3n) is 5.52.